The Kier molecular flexibility index (Phi) is 7.51. The molecule has 0 amide bonds. The van der Waals surface area contributed by atoms with Crippen molar-refractivity contribution in [3.8, 4) is 0 Å². The van der Waals surface area contributed by atoms with Gasteiger partial charge in [0.1, 0.15) is 5.82 Å². The van der Waals surface area contributed by atoms with Gasteiger partial charge in [0.2, 0.25) is 0 Å². The van der Waals surface area contributed by atoms with E-state index in [1.165, 1.54) is 32.1 Å². The van der Waals surface area contributed by atoms with Crippen molar-refractivity contribution in [1.82, 2.24) is 25.4 Å². The highest BCUT2D eigenvalue weighted by atomic mass is 127. The van der Waals surface area contributed by atoms with Crippen LogP contribution in [0.2, 0.25) is 0 Å². The largest absolute Gasteiger partial charge is 0.356 e. The predicted octanol–water partition coefficient (Wildman–Crippen LogP) is 2.91. The Hall–Kier alpha value is -0.860. The molecule has 0 spiro atoms. The van der Waals surface area contributed by atoms with E-state index in [1.54, 1.807) is 0 Å². The summed E-state index contributed by atoms with van der Waals surface area (Å²) in [5.41, 5.74) is 0.472. The maximum atomic E-state index is 4.59. The molecule has 1 aliphatic heterocycles. The van der Waals surface area contributed by atoms with Crippen molar-refractivity contribution in [3.63, 3.8) is 0 Å². The SMILES string of the molecule is CCc1nc2n(n1)CC(NC(=NC)NCC1(CC)CCCC1)CC2.I. The Bertz CT molecular complexity index is 576. The number of aromatic nitrogens is 3. The summed E-state index contributed by atoms with van der Waals surface area (Å²) in [7, 11) is 1.86. The second-order valence-electron chi connectivity index (χ2n) is 7.35. The fourth-order valence-corrected chi connectivity index (χ4v) is 4.07. The summed E-state index contributed by atoms with van der Waals surface area (Å²) >= 11 is 0. The fourth-order valence-electron chi connectivity index (χ4n) is 4.07. The van der Waals surface area contributed by atoms with Crippen LogP contribution in [0.4, 0.5) is 0 Å². The van der Waals surface area contributed by atoms with Gasteiger partial charge in [0.25, 0.3) is 0 Å². The van der Waals surface area contributed by atoms with Crippen molar-refractivity contribution >= 4 is 29.9 Å². The molecule has 2 N–H and O–H groups in total. The summed E-state index contributed by atoms with van der Waals surface area (Å²) in [5.74, 6) is 3.02. The van der Waals surface area contributed by atoms with E-state index in [0.29, 0.717) is 11.5 Å². The van der Waals surface area contributed by atoms with Gasteiger partial charge in [-0.2, -0.15) is 5.10 Å². The van der Waals surface area contributed by atoms with Gasteiger partial charge in [0, 0.05) is 32.5 Å². The zero-order chi connectivity index (χ0) is 17.0. The maximum Gasteiger partial charge on any atom is 0.191 e. The molecule has 0 saturated heterocycles. The number of aliphatic imine (C=N–C) groups is 1. The highest BCUT2D eigenvalue weighted by Gasteiger charge is 2.32. The van der Waals surface area contributed by atoms with Gasteiger partial charge in [-0.25, -0.2) is 9.67 Å². The minimum Gasteiger partial charge on any atom is -0.356 e. The summed E-state index contributed by atoms with van der Waals surface area (Å²) in [6.07, 6.45) is 9.67. The Balaban J connectivity index is 0.00000225. The van der Waals surface area contributed by atoms with Crippen LogP contribution in [0.15, 0.2) is 4.99 Å². The lowest BCUT2D eigenvalue weighted by Crippen LogP contribution is -2.49. The molecule has 142 valence electrons. The third-order valence-electron chi connectivity index (χ3n) is 5.83. The first-order valence-corrected chi connectivity index (χ1v) is 9.58. The topological polar surface area (TPSA) is 67.1 Å². The monoisotopic (exact) mass is 460 g/mol. The van der Waals surface area contributed by atoms with Gasteiger partial charge in [0.05, 0.1) is 6.54 Å². The predicted molar refractivity (Wildman–Crippen MR) is 113 cm³/mol. The van der Waals surface area contributed by atoms with Gasteiger partial charge in [-0.15, -0.1) is 24.0 Å². The van der Waals surface area contributed by atoms with E-state index >= 15 is 0 Å². The minimum absolute atomic E-state index is 0. The molecule has 0 radical (unpaired) electrons. The molecule has 1 unspecified atom stereocenters. The lowest BCUT2D eigenvalue weighted by Gasteiger charge is -2.30. The Morgan fingerprint density at radius 2 is 2.08 bits per heavy atom. The Morgan fingerprint density at radius 3 is 2.72 bits per heavy atom. The van der Waals surface area contributed by atoms with E-state index in [9.17, 15) is 0 Å². The molecule has 1 fully saturated rings. The standard InChI is InChI=1S/C18H32N6.HI/c1-4-15-22-16-9-8-14(12-24(16)23-15)21-17(19-3)20-13-18(5-2)10-6-7-11-18;/h14H,4-13H2,1-3H3,(H2,19,20,21);1H. The van der Waals surface area contributed by atoms with Crippen LogP contribution >= 0.6 is 24.0 Å². The molecule has 1 aromatic rings. The number of fused-ring (bicyclic) bond motifs is 1. The number of hydrogen-bond acceptors (Lipinski definition) is 3. The van der Waals surface area contributed by atoms with Gasteiger partial charge >= 0.3 is 0 Å². The lowest BCUT2D eigenvalue weighted by molar-refractivity contribution is 0.282. The number of nitrogens with one attached hydrogen (secondary N) is 2. The van der Waals surface area contributed by atoms with Crippen molar-refractivity contribution in [2.45, 2.75) is 77.8 Å². The average molecular weight is 460 g/mol. The van der Waals surface area contributed by atoms with Crippen molar-refractivity contribution in [1.29, 1.82) is 0 Å². The first-order valence-electron chi connectivity index (χ1n) is 9.58. The molecular weight excluding hydrogens is 427 g/mol. The van der Waals surface area contributed by atoms with E-state index < -0.39 is 0 Å². The van der Waals surface area contributed by atoms with Crippen LogP contribution in [0, 0.1) is 5.41 Å². The minimum atomic E-state index is 0. The van der Waals surface area contributed by atoms with E-state index in [2.05, 4.69) is 44.2 Å². The molecule has 25 heavy (non-hydrogen) atoms. The molecule has 0 aromatic carbocycles. The maximum absolute atomic E-state index is 4.59. The number of hydrogen-bond donors (Lipinski definition) is 2. The molecule has 3 rings (SSSR count). The van der Waals surface area contributed by atoms with Gasteiger partial charge in [0.15, 0.2) is 11.8 Å². The Labute approximate surface area is 168 Å². The van der Waals surface area contributed by atoms with Crippen LogP contribution in [0.3, 0.4) is 0 Å². The molecule has 2 aliphatic rings. The van der Waals surface area contributed by atoms with Crippen molar-refractivity contribution in [2.75, 3.05) is 13.6 Å². The third kappa shape index (κ3) is 4.86. The first-order chi connectivity index (χ1) is 11.7. The molecule has 1 saturated carbocycles. The van der Waals surface area contributed by atoms with Crippen molar-refractivity contribution in [2.24, 2.45) is 10.4 Å². The number of guanidine groups is 1. The highest BCUT2D eigenvalue weighted by Crippen LogP contribution is 2.40. The van der Waals surface area contributed by atoms with Crippen LogP contribution in [0.5, 0.6) is 0 Å². The summed E-state index contributed by atoms with van der Waals surface area (Å²) in [4.78, 5) is 9.03. The van der Waals surface area contributed by atoms with Gasteiger partial charge < -0.3 is 10.6 Å². The first kappa shape index (κ1) is 20.5. The van der Waals surface area contributed by atoms with Crippen LogP contribution in [-0.4, -0.2) is 40.4 Å². The zero-order valence-electron chi connectivity index (χ0n) is 15.8. The molecule has 2 heterocycles. The van der Waals surface area contributed by atoms with Crippen LogP contribution in [-0.2, 0) is 19.4 Å². The summed E-state index contributed by atoms with van der Waals surface area (Å²) in [6, 6.07) is 0.372. The third-order valence-corrected chi connectivity index (χ3v) is 5.83. The average Bonchev–Trinajstić information content (AvgIpc) is 3.25. The molecule has 7 heteroatoms. The highest BCUT2D eigenvalue weighted by molar-refractivity contribution is 14.0. The molecule has 1 aromatic heterocycles. The smallest absolute Gasteiger partial charge is 0.191 e. The Morgan fingerprint density at radius 1 is 1.32 bits per heavy atom. The van der Waals surface area contributed by atoms with Gasteiger partial charge in [-0.05, 0) is 31.1 Å². The normalized spacial score (nSPS) is 22.2. The van der Waals surface area contributed by atoms with E-state index in [-0.39, 0.29) is 24.0 Å². The number of nitrogens with zero attached hydrogens (tertiary/aromatic N) is 4. The van der Waals surface area contributed by atoms with Crippen LogP contribution in [0.1, 0.15) is 64.0 Å². The van der Waals surface area contributed by atoms with Crippen molar-refractivity contribution in [3.05, 3.63) is 11.6 Å². The van der Waals surface area contributed by atoms with E-state index in [0.717, 1.165) is 50.0 Å². The van der Waals surface area contributed by atoms with Gasteiger partial charge in [-0.3, -0.25) is 4.99 Å². The van der Waals surface area contributed by atoms with E-state index in [4.69, 9.17) is 0 Å². The second-order valence-corrected chi connectivity index (χ2v) is 7.35. The number of aryl methyl sites for hydroxylation is 2. The quantitative estimate of drug-likeness (QED) is 0.403. The van der Waals surface area contributed by atoms with Crippen LogP contribution in [0.25, 0.3) is 0 Å². The second kappa shape index (κ2) is 9.19. The lowest BCUT2D eigenvalue weighted by atomic mass is 9.83. The molecule has 1 aliphatic carbocycles. The molecular formula is C18H33IN6. The molecule has 0 bridgehead atoms. The summed E-state index contributed by atoms with van der Waals surface area (Å²) in [6.45, 7) is 6.34. The number of halogens is 1. The zero-order valence-corrected chi connectivity index (χ0v) is 18.2. The summed E-state index contributed by atoms with van der Waals surface area (Å²) in [5, 5.41) is 11.8. The number of rotatable bonds is 5. The summed E-state index contributed by atoms with van der Waals surface area (Å²) < 4.78 is 2.07. The molecule has 1 atom stereocenters. The fraction of sp³-hybridized carbons (Fsp3) is 0.833. The molecule has 6 nitrogen and oxygen atoms in total. The van der Waals surface area contributed by atoms with Gasteiger partial charge in [-0.1, -0.05) is 26.7 Å². The van der Waals surface area contributed by atoms with E-state index in [1.807, 2.05) is 7.05 Å². The van der Waals surface area contributed by atoms with Crippen LogP contribution < -0.4 is 10.6 Å². The van der Waals surface area contributed by atoms with Crippen molar-refractivity contribution < 1.29 is 0 Å².